The molecule has 0 saturated carbocycles. The summed E-state index contributed by atoms with van der Waals surface area (Å²) in [6.07, 6.45) is 0. The fourth-order valence-electron chi connectivity index (χ4n) is 1.73. The van der Waals surface area contributed by atoms with Gasteiger partial charge in [-0.1, -0.05) is 6.92 Å². The minimum absolute atomic E-state index is 0.206. The van der Waals surface area contributed by atoms with Gasteiger partial charge in [-0.25, -0.2) is 0 Å². The highest BCUT2D eigenvalue weighted by molar-refractivity contribution is 5.73. The molecule has 1 atom stereocenters. The Bertz CT molecular complexity index is 170. The Labute approximate surface area is 74.3 Å². The van der Waals surface area contributed by atoms with Crippen LogP contribution in [0, 0.1) is 5.92 Å². The first kappa shape index (κ1) is 9.52. The molecular formula is C9H18N2O. The van der Waals surface area contributed by atoms with Crippen LogP contribution in [0.25, 0.3) is 0 Å². The van der Waals surface area contributed by atoms with E-state index in [1.807, 2.05) is 4.90 Å². The van der Waals surface area contributed by atoms with E-state index in [0.717, 1.165) is 26.2 Å². The molecule has 1 saturated heterocycles. The molecule has 0 aromatic rings. The van der Waals surface area contributed by atoms with Gasteiger partial charge in [-0.3, -0.25) is 4.79 Å². The van der Waals surface area contributed by atoms with Crippen molar-refractivity contribution in [1.82, 2.24) is 9.80 Å². The summed E-state index contributed by atoms with van der Waals surface area (Å²) in [7, 11) is 2.11. The van der Waals surface area contributed by atoms with Gasteiger partial charge in [-0.15, -0.1) is 0 Å². The average Bonchev–Trinajstić information content (AvgIpc) is 2.11. The van der Waals surface area contributed by atoms with Crippen molar-refractivity contribution in [1.29, 1.82) is 0 Å². The first-order valence-corrected chi connectivity index (χ1v) is 4.53. The van der Waals surface area contributed by atoms with E-state index in [1.165, 1.54) is 0 Å². The van der Waals surface area contributed by atoms with Crippen molar-refractivity contribution >= 4 is 5.91 Å². The van der Waals surface area contributed by atoms with Crippen LogP contribution >= 0.6 is 0 Å². The summed E-state index contributed by atoms with van der Waals surface area (Å²) in [5, 5.41) is 0. The Morgan fingerprint density at radius 2 is 2.00 bits per heavy atom. The van der Waals surface area contributed by atoms with Gasteiger partial charge in [0, 0.05) is 33.1 Å². The van der Waals surface area contributed by atoms with Gasteiger partial charge in [0.2, 0.25) is 5.91 Å². The highest BCUT2D eigenvalue weighted by Crippen LogP contribution is 2.07. The number of hydrogen-bond acceptors (Lipinski definition) is 2. The van der Waals surface area contributed by atoms with Gasteiger partial charge in [0.25, 0.3) is 0 Å². The minimum atomic E-state index is 0.206. The van der Waals surface area contributed by atoms with Crippen LogP contribution in [-0.4, -0.2) is 48.9 Å². The van der Waals surface area contributed by atoms with Crippen LogP contribution in [-0.2, 0) is 4.79 Å². The molecule has 0 spiro atoms. The van der Waals surface area contributed by atoms with E-state index in [0.29, 0.717) is 5.92 Å². The van der Waals surface area contributed by atoms with Gasteiger partial charge in [0.15, 0.2) is 0 Å². The molecule has 0 aromatic carbocycles. The topological polar surface area (TPSA) is 23.6 Å². The lowest BCUT2D eigenvalue weighted by molar-refractivity contribution is -0.129. The summed E-state index contributed by atoms with van der Waals surface area (Å²) in [6.45, 7) is 7.75. The Kier molecular flexibility index (Phi) is 3.09. The number of nitrogens with zero attached hydrogens (tertiary/aromatic N) is 2. The maximum absolute atomic E-state index is 11.1. The normalized spacial score (nSPS) is 26.9. The van der Waals surface area contributed by atoms with Gasteiger partial charge in [-0.2, -0.15) is 0 Å². The molecule has 0 aliphatic carbocycles. The molecule has 0 radical (unpaired) electrons. The molecule has 1 heterocycles. The van der Waals surface area contributed by atoms with Crippen LogP contribution in [0.2, 0.25) is 0 Å². The first-order chi connectivity index (χ1) is 5.59. The quantitative estimate of drug-likeness (QED) is 0.526. The van der Waals surface area contributed by atoms with Gasteiger partial charge in [0.1, 0.15) is 0 Å². The summed E-state index contributed by atoms with van der Waals surface area (Å²) < 4.78 is 0. The van der Waals surface area contributed by atoms with Crippen molar-refractivity contribution in [3.05, 3.63) is 0 Å². The van der Waals surface area contributed by atoms with Crippen molar-refractivity contribution in [3.8, 4) is 0 Å². The third-order valence-corrected chi connectivity index (χ3v) is 2.35. The second-order valence-electron chi connectivity index (χ2n) is 3.83. The van der Waals surface area contributed by atoms with Crippen molar-refractivity contribution < 1.29 is 4.79 Å². The van der Waals surface area contributed by atoms with Crippen LogP contribution in [0.4, 0.5) is 0 Å². The van der Waals surface area contributed by atoms with Crippen molar-refractivity contribution in [2.45, 2.75) is 13.8 Å². The standard InChI is InChI=1S/C9H18N2O/c1-8-6-10(3)4-5-11(7-8)9(2)12/h8H,4-7H2,1-3H3. The summed E-state index contributed by atoms with van der Waals surface area (Å²) >= 11 is 0. The van der Waals surface area contributed by atoms with Gasteiger partial charge < -0.3 is 9.80 Å². The smallest absolute Gasteiger partial charge is 0.219 e. The first-order valence-electron chi connectivity index (χ1n) is 4.53. The summed E-state index contributed by atoms with van der Waals surface area (Å²) in [5.41, 5.74) is 0. The highest BCUT2D eigenvalue weighted by Gasteiger charge is 2.18. The largest absolute Gasteiger partial charge is 0.341 e. The third kappa shape index (κ3) is 2.48. The van der Waals surface area contributed by atoms with Crippen molar-refractivity contribution in [2.24, 2.45) is 5.92 Å². The molecule has 1 rings (SSSR count). The average molecular weight is 170 g/mol. The number of amides is 1. The van der Waals surface area contributed by atoms with Gasteiger partial charge in [-0.05, 0) is 13.0 Å². The fraction of sp³-hybridized carbons (Fsp3) is 0.889. The summed E-state index contributed by atoms with van der Waals surface area (Å²) in [6, 6.07) is 0. The molecule has 0 aromatic heterocycles. The van der Waals surface area contributed by atoms with Crippen molar-refractivity contribution in [2.75, 3.05) is 33.2 Å². The lowest BCUT2D eigenvalue weighted by Gasteiger charge is -2.19. The van der Waals surface area contributed by atoms with Crippen LogP contribution in [0.1, 0.15) is 13.8 Å². The van der Waals surface area contributed by atoms with Crippen LogP contribution in [0.3, 0.4) is 0 Å². The maximum atomic E-state index is 11.1. The SMILES string of the molecule is CC(=O)N1CCN(C)CC(C)C1. The predicted molar refractivity (Wildman–Crippen MR) is 48.9 cm³/mol. The number of carbonyl (C=O) groups excluding carboxylic acids is 1. The number of carbonyl (C=O) groups is 1. The van der Waals surface area contributed by atoms with Gasteiger partial charge >= 0.3 is 0 Å². The van der Waals surface area contributed by atoms with E-state index >= 15 is 0 Å². The van der Waals surface area contributed by atoms with Crippen LogP contribution in [0.5, 0.6) is 0 Å². The molecule has 3 nitrogen and oxygen atoms in total. The number of likely N-dealkylation sites (N-methyl/N-ethyl adjacent to an activating group) is 1. The van der Waals surface area contributed by atoms with Gasteiger partial charge in [0.05, 0.1) is 0 Å². The van der Waals surface area contributed by atoms with E-state index in [1.54, 1.807) is 6.92 Å². The zero-order valence-electron chi connectivity index (χ0n) is 8.21. The molecule has 1 aliphatic heterocycles. The lowest BCUT2D eigenvalue weighted by Crippen LogP contribution is -2.33. The third-order valence-electron chi connectivity index (χ3n) is 2.35. The second kappa shape index (κ2) is 3.90. The lowest BCUT2D eigenvalue weighted by atomic mass is 10.1. The number of rotatable bonds is 0. The van der Waals surface area contributed by atoms with Crippen LogP contribution < -0.4 is 0 Å². The molecule has 12 heavy (non-hydrogen) atoms. The molecule has 1 aliphatic rings. The Balaban J connectivity index is 2.52. The summed E-state index contributed by atoms with van der Waals surface area (Å²) in [5.74, 6) is 0.804. The van der Waals surface area contributed by atoms with Crippen LogP contribution in [0.15, 0.2) is 0 Å². The molecular weight excluding hydrogens is 152 g/mol. The van der Waals surface area contributed by atoms with E-state index in [-0.39, 0.29) is 5.91 Å². The zero-order valence-corrected chi connectivity index (χ0v) is 8.21. The molecule has 3 heteroatoms. The van der Waals surface area contributed by atoms with Crippen molar-refractivity contribution in [3.63, 3.8) is 0 Å². The highest BCUT2D eigenvalue weighted by atomic mass is 16.2. The van der Waals surface area contributed by atoms with E-state index in [4.69, 9.17) is 0 Å². The molecule has 1 fully saturated rings. The summed E-state index contributed by atoms with van der Waals surface area (Å²) in [4.78, 5) is 15.3. The second-order valence-corrected chi connectivity index (χ2v) is 3.83. The Morgan fingerprint density at radius 1 is 1.33 bits per heavy atom. The van der Waals surface area contributed by atoms with E-state index in [9.17, 15) is 4.79 Å². The molecule has 0 N–H and O–H groups in total. The Morgan fingerprint density at radius 3 is 2.58 bits per heavy atom. The maximum Gasteiger partial charge on any atom is 0.219 e. The zero-order chi connectivity index (χ0) is 9.14. The predicted octanol–water partition coefficient (Wildman–Crippen LogP) is 0.416. The molecule has 0 bridgehead atoms. The molecule has 1 amide bonds. The molecule has 70 valence electrons. The molecule has 1 unspecified atom stereocenters. The van der Waals surface area contributed by atoms with E-state index < -0.39 is 0 Å². The number of hydrogen-bond donors (Lipinski definition) is 0. The minimum Gasteiger partial charge on any atom is -0.341 e. The monoisotopic (exact) mass is 170 g/mol. The Hall–Kier alpha value is -0.570. The van der Waals surface area contributed by atoms with E-state index in [2.05, 4.69) is 18.9 Å². The fourth-order valence-corrected chi connectivity index (χ4v) is 1.73.